The summed E-state index contributed by atoms with van der Waals surface area (Å²) < 4.78 is 1.72. The van der Waals surface area contributed by atoms with Crippen molar-refractivity contribution in [1.82, 2.24) is 9.55 Å². The number of rotatable bonds is 5. The number of nitrogens with zero attached hydrogens (tertiary/aromatic N) is 3. The Labute approximate surface area is 118 Å². The molecule has 0 aliphatic heterocycles. The van der Waals surface area contributed by atoms with E-state index in [4.69, 9.17) is 16.9 Å². The lowest BCUT2D eigenvalue weighted by atomic mass is 9.90. The zero-order valence-electron chi connectivity index (χ0n) is 11.3. The molecule has 0 spiro atoms. The van der Waals surface area contributed by atoms with Gasteiger partial charge in [-0.1, -0.05) is 11.6 Å². The van der Waals surface area contributed by atoms with E-state index >= 15 is 0 Å². The smallest absolute Gasteiger partial charge is 0.254 e. The molecule has 1 heterocycles. The second-order valence-electron chi connectivity index (χ2n) is 5.80. The van der Waals surface area contributed by atoms with Gasteiger partial charge in [-0.25, -0.2) is 4.98 Å². The molecule has 1 aliphatic carbocycles. The van der Waals surface area contributed by atoms with Gasteiger partial charge in [-0.2, -0.15) is 5.26 Å². The molecule has 1 saturated carbocycles. The molecule has 1 fully saturated rings. The predicted molar refractivity (Wildman–Crippen MR) is 74.1 cm³/mol. The summed E-state index contributed by atoms with van der Waals surface area (Å²) in [5, 5.41) is 9.26. The molecule has 0 N–H and O–H groups in total. The normalized spacial score (nSPS) is 15.3. The fourth-order valence-corrected chi connectivity index (χ4v) is 2.29. The molecule has 0 radical (unpaired) electrons. The average molecular weight is 280 g/mol. The number of halogens is 1. The van der Waals surface area contributed by atoms with Crippen LogP contribution in [0.25, 0.3) is 0 Å². The van der Waals surface area contributed by atoms with Gasteiger partial charge in [0.15, 0.2) is 0 Å². The van der Waals surface area contributed by atoms with Crippen LogP contribution >= 0.6 is 11.6 Å². The monoisotopic (exact) mass is 279 g/mol. The molecule has 0 amide bonds. The van der Waals surface area contributed by atoms with Crippen molar-refractivity contribution in [2.24, 2.45) is 5.41 Å². The van der Waals surface area contributed by atoms with Gasteiger partial charge in [0.2, 0.25) is 0 Å². The predicted octanol–water partition coefficient (Wildman–Crippen LogP) is 3.10. The molecule has 19 heavy (non-hydrogen) atoms. The molecule has 0 bridgehead atoms. The summed E-state index contributed by atoms with van der Waals surface area (Å²) >= 11 is 5.86. The maximum absolute atomic E-state index is 12.0. The van der Waals surface area contributed by atoms with Gasteiger partial charge in [0, 0.05) is 18.5 Å². The Hall–Kier alpha value is -1.34. The fraction of sp³-hybridized carbons (Fsp3) is 0.643. The zero-order valence-corrected chi connectivity index (χ0v) is 12.1. The van der Waals surface area contributed by atoms with Crippen LogP contribution in [0.3, 0.4) is 0 Å². The molecule has 1 aromatic rings. The largest absolute Gasteiger partial charge is 0.296 e. The van der Waals surface area contributed by atoms with Crippen LogP contribution in [0, 0.1) is 16.7 Å². The first-order valence-electron chi connectivity index (χ1n) is 6.61. The molecule has 0 unspecified atom stereocenters. The lowest BCUT2D eigenvalue weighted by molar-refractivity contribution is 0.408. The standard InChI is InChI=1S/C14H18ClN3O/c1-14(2,9-16)6-3-7-18-12(19)8-11(15)17-13(18)10-4-5-10/h8,10H,3-7H2,1-2H3. The average Bonchev–Trinajstić information content (AvgIpc) is 3.15. The van der Waals surface area contributed by atoms with Crippen molar-refractivity contribution >= 4 is 11.6 Å². The molecule has 0 atom stereocenters. The quantitative estimate of drug-likeness (QED) is 0.778. The highest BCUT2D eigenvalue weighted by Crippen LogP contribution is 2.38. The topological polar surface area (TPSA) is 58.7 Å². The fourth-order valence-electron chi connectivity index (χ4n) is 2.11. The van der Waals surface area contributed by atoms with E-state index in [-0.39, 0.29) is 16.1 Å². The van der Waals surface area contributed by atoms with Crippen LogP contribution in [0.15, 0.2) is 10.9 Å². The first-order chi connectivity index (χ1) is 8.93. The Balaban J connectivity index is 2.12. The SMILES string of the molecule is CC(C)(C#N)CCCn1c(C2CC2)nc(Cl)cc1=O. The third-order valence-electron chi connectivity index (χ3n) is 3.44. The number of hydrogen-bond donors (Lipinski definition) is 0. The van der Waals surface area contributed by atoms with E-state index in [1.54, 1.807) is 4.57 Å². The minimum Gasteiger partial charge on any atom is -0.296 e. The van der Waals surface area contributed by atoms with Crippen molar-refractivity contribution < 1.29 is 0 Å². The Kier molecular flexibility index (Phi) is 3.96. The zero-order chi connectivity index (χ0) is 14.0. The number of hydrogen-bond acceptors (Lipinski definition) is 3. The summed E-state index contributed by atoms with van der Waals surface area (Å²) in [6, 6.07) is 3.64. The van der Waals surface area contributed by atoms with Gasteiger partial charge in [0.05, 0.1) is 11.5 Å². The van der Waals surface area contributed by atoms with Gasteiger partial charge in [-0.3, -0.25) is 9.36 Å². The Morgan fingerprint density at radius 2 is 2.26 bits per heavy atom. The summed E-state index contributed by atoms with van der Waals surface area (Å²) in [4.78, 5) is 16.3. The van der Waals surface area contributed by atoms with Crippen molar-refractivity contribution in [2.45, 2.75) is 52.0 Å². The molecule has 4 nitrogen and oxygen atoms in total. The highest BCUT2D eigenvalue weighted by Gasteiger charge is 2.29. The molecule has 2 rings (SSSR count). The van der Waals surface area contributed by atoms with E-state index in [1.807, 2.05) is 13.8 Å². The van der Waals surface area contributed by atoms with Crippen LogP contribution in [0.1, 0.15) is 51.3 Å². The van der Waals surface area contributed by atoms with Gasteiger partial charge in [-0.05, 0) is 39.5 Å². The third kappa shape index (κ3) is 3.57. The number of nitriles is 1. The Bertz CT molecular complexity index is 567. The first kappa shape index (κ1) is 14.1. The van der Waals surface area contributed by atoms with Crippen molar-refractivity contribution in [1.29, 1.82) is 5.26 Å². The van der Waals surface area contributed by atoms with Crippen LogP contribution in [0.5, 0.6) is 0 Å². The molecule has 0 saturated heterocycles. The minimum absolute atomic E-state index is 0.0864. The van der Waals surface area contributed by atoms with E-state index in [0.717, 1.165) is 31.5 Å². The van der Waals surface area contributed by atoms with Crippen LogP contribution in [-0.2, 0) is 6.54 Å². The second-order valence-corrected chi connectivity index (χ2v) is 6.19. The highest BCUT2D eigenvalue weighted by atomic mass is 35.5. The molecule has 5 heteroatoms. The molecular weight excluding hydrogens is 262 g/mol. The van der Waals surface area contributed by atoms with Crippen molar-refractivity contribution in [3.05, 3.63) is 27.4 Å². The van der Waals surface area contributed by atoms with Crippen molar-refractivity contribution in [2.75, 3.05) is 0 Å². The van der Waals surface area contributed by atoms with E-state index in [9.17, 15) is 4.79 Å². The van der Waals surface area contributed by atoms with Gasteiger partial charge < -0.3 is 0 Å². The van der Waals surface area contributed by atoms with E-state index in [1.165, 1.54) is 6.07 Å². The van der Waals surface area contributed by atoms with Gasteiger partial charge in [0.25, 0.3) is 5.56 Å². The van der Waals surface area contributed by atoms with Gasteiger partial charge in [-0.15, -0.1) is 0 Å². The third-order valence-corrected chi connectivity index (χ3v) is 3.63. The first-order valence-corrected chi connectivity index (χ1v) is 6.99. The lowest BCUT2D eigenvalue weighted by Gasteiger charge is -2.16. The summed E-state index contributed by atoms with van der Waals surface area (Å²) in [5.74, 6) is 1.20. The molecule has 102 valence electrons. The van der Waals surface area contributed by atoms with Crippen LogP contribution < -0.4 is 5.56 Å². The Morgan fingerprint density at radius 3 is 2.84 bits per heavy atom. The maximum Gasteiger partial charge on any atom is 0.254 e. The number of aromatic nitrogens is 2. The highest BCUT2D eigenvalue weighted by molar-refractivity contribution is 6.29. The van der Waals surface area contributed by atoms with Crippen molar-refractivity contribution in [3.63, 3.8) is 0 Å². The molecule has 1 aliphatic rings. The summed E-state index contributed by atoms with van der Waals surface area (Å²) in [6.07, 6.45) is 3.72. The van der Waals surface area contributed by atoms with Crippen LogP contribution in [-0.4, -0.2) is 9.55 Å². The van der Waals surface area contributed by atoms with Gasteiger partial charge in [0.1, 0.15) is 11.0 Å². The molecule has 0 aromatic carbocycles. The molecule has 1 aromatic heterocycles. The van der Waals surface area contributed by atoms with E-state index < -0.39 is 0 Å². The summed E-state index contributed by atoms with van der Waals surface area (Å²) in [6.45, 7) is 4.44. The van der Waals surface area contributed by atoms with Crippen LogP contribution in [0.2, 0.25) is 5.15 Å². The minimum atomic E-state index is -0.344. The second kappa shape index (κ2) is 5.34. The summed E-state index contributed by atoms with van der Waals surface area (Å²) in [5.41, 5.74) is -0.430. The van der Waals surface area contributed by atoms with E-state index in [0.29, 0.717) is 12.5 Å². The van der Waals surface area contributed by atoms with E-state index in [2.05, 4.69) is 11.1 Å². The van der Waals surface area contributed by atoms with Crippen molar-refractivity contribution in [3.8, 4) is 6.07 Å². The maximum atomic E-state index is 12.0. The lowest BCUT2D eigenvalue weighted by Crippen LogP contribution is -2.25. The molecular formula is C14H18ClN3O. The Morgan fingerprint density at radius 1 is 1.58 bits per heavy atom. The van der Waals surface area contributed by atoms with Gasteiger partial charge >= 0.3 is 0 Å². The summed E-state index contributed by atoms with van der Waals surface area (Å²) in [7, 11) is 0. The van der Waals surface area contributed by atoms with Crippen LogP contribution in [0.4, 0.5) is 0 Å².